The van der Waals surface area contributed by atoms with Gasteiger partial charge in [0, 0.05) is 20.0 Å². The number of aliphatic carboxylic acids is 1. The summed E-state index contributed by atoms with van der Waals surface area (Å²) >= 11 is 0. The van der Waals surface area contributed by atoms with Crippen LogP contribution in [-0.2, 0) is 9.59 Å². The molecule has 1 atom stereocenters. The molecular weight excluding hydrogens is 262 g/mol. The van der Waals surface area contributed by atoms with Gasteiger partial charge in [-0.15, -0.1) is 0 Å². The molecule has 7 heteroatoms. The summed E-state index contributed by atoms with van der Waals surface area (Å²) in [6, 6.07) is 6.68. The van der Waals surface area contributed by atoms with Gasteiger partial charge >= 0.3 is 12.0 Å². The number of hydrogen-bond acceptors (Lipinski definition) is 3. The van der Waals surface area contributed by atoms with Crippen molar-refractivity contribution >= 4 is 17.9 Å². The van der Waals surface area contributed by atoms with Gasteiger partial charge in [-0.1, -0.05) is 30.3 Å². The predicted octanol–water partition coefficient (Wildman–Crippen LogP) is 0.248. The van der Waals surface area contributed by atoms with Gasteiger partial charge in [0.1, 0.15) is 0 Å². The van der Waals surface area contributed by atoms with Crippen LogP contribution in [0.3, 0.4) is 0 Å². The van der Waals surface area contributed by atoms with Crippen molar-refractivity contribution in [1.29, 1.82) is 0 Å². The molecule has 0 bridgehead atoms. The van der Waals surface area contributed by atoms with Gasteiger partial charge in [-0.05, 0) is 5.56 Å². The number of rotatable bonds is 6. The molecule has 108 valence electrons. The van der Waals surface area contributed by atoms with Gasteiger partial charge in [0.2, 0.25) is 5.91 Å². The quantitative estimate of drug-likeness (QED) is 0.560. The van der Waals surface area contributed by atoms with Crippen LogP contribution in [0.1, 0.15) is 18.5 Å². The lowest BCUT2D eigenvalue weighted by Gasteiger charge is -2.15. The lowest BCUT2D eigenvalue weighted by atomic mass is 10.1. The normalized spacial score (nSPS) is 11.2. The first-order valence-electron chi connectivity index (χ1n) is 6.07. The Morgan fingerprint density at radius 2 is 1.70 bits per heavy atom. The van der Waals surface area contributed by atoms with Crippen molar-refractivity contribution < 1.29 is 19.5 Å². The smallest absolute Gasteiger partial charge is 0.330 e. The first-order valence-corrected chi connectivity index (χ1v) is 6.07. The van der Waals surface area contributed by atoms with Gasteiger partial charge in [0.25, 0.3) is 0 Å². The maximum atomic E-state index is 11.6. The van der Waals surface area contributed by atoms with Gasteiger partial charge in [-0.2, -0.15) is 0 Å². The molecule has 0 heterocycles. The van der Waals surface area contributed by atoms with Gasteiger partial charge < -0.3 is 21.1 Å². The SMILES string of the molecule is CC(=O)NCCNC(=O)N[C@H](C(=O)O)c1ccccc1. The molecule has 0 radical (unpaired) electrons. The number of amides is 3. The van der Waals surface area contributed by atoms with E-state index in [0.29, 0.717) is 5.56 Å². The zero-order valence-electron chi connectivity index (χ0n) is 11.1. The number of carbonyl (C=O) groups excluding carboxylic acids is 2. The molecule has 1 aromatic carbocycles. The number of carboxylic acids is 1. The molecule has 0 aromatic heterocycles. The molecule has 20 heavy (non-hydrogen) atoms. The number of hydrogen-bond donors (Lipinski definition) is 4. The van der Waals surface area contributed by atoms with E-state index in [-0.39, 0.29) is 19.0 Å². The van der Waals surface area contributed by atoms with Crippen LogP contribution in [0.25, 0.3) is 0 Å². The standard InChI is InChI=1S/C13H17N3O4/c1-9(17)14-7-8-15-13(20)16-11(12(18)19)10-5-3-2-4-6-10/h2-6,11H,7-8H2,1H3,(H,14,17)(H,18,19)(H2,15,16,20)/t11-/m0/s1. The Morgan fingerprint density at radius 3 is 2.25 bits per heavy atom. The maximum Gasteiger partial charge on any atom is 0.330 e. The summed E-state index contributed by atoms with van der Waals surface area (Å²) in [5.41, 5.74) is 0.483. The van der Waals surface area contributed by atoms with Crippen LogP contribution in [0, 0.1) is 0 Å². The van der Waals surface area contributed by atoms with Crippen LogP contribution in [0.4, 0.5) is 4.79 Å². The highest BCUT2D eigenvalue weighted by atomic mass is 16.4. The van der Waals surface area contributed by atoms with Crippen LogP contribution >= 0.6 is 0 Å². The second-order valence-electron chi connectivity index (χ2n) is 4.07. The van der Waals surface area contributed by atoms with Crippen LogP contribution in [0.2, 0.25) is 0 Å². The molecule has 0 spiro atoms. The van der Waals surface area contributed by atoms with E-state index in [2.05, 4.69) is 16.0 Å². The molecule has 0 aliphatic rings. The fraction of sp³-hybridized carbons (Fsp3) is 0.308. The van der Waals surface area contributed by atoms with Crippen LogP contribution in [-0.4, -0.2) is 36.1 Å². The summed E-state index contributed by atoms with van der Waals surface area (Å²) in [5, 5.41) is 16.5. The van der Waals surface area contributed by atoms with Gasteiger partial charge in [-0.3, -0.25) is 4.79 Å². The Morgan fingerprint density at radius 1 is 1.10 bits per heavy atom. The lowest BCUT2D eigenvalue weighted by molar-refractivity contribution is -0.139. The van der Waals surface area contributed by atoms with Gasteiger partial charge in [0.05, 0.1) is 0 Å². The number of carboxylic acid groups (broad SMARTS) is 1. The monoisotopic (exact) mass is 279 g/mol. The molecule has 1 rings (SSSR count). The molecule has 0 unspecified atom stereocenters. The summed E-state index contributed by atoms with van der Waals surface area (Å²) < 4.78 is 0. The fourth-order valence-corrected chi connectivity index (χ4v) is 1.53. The van der Waals surface area contributed by atoms with E-state index in [0.717, 1.165) is 0 Å². The van der Waals surface area contributed by atoms with E-state index in [1.165, 1.54) is 6.92 Å². The van der Waals surface area contributed by atoms with Gasteiger partial charge in [0.15, 0.2) is 6.04 Å². The first-order chi connectivity index (χ1) is 9.50. The van der Waals surface area contributed by atoms with E-state index < -0.39 is 18.0 Å². The fourth-order valence-electron chi connectivity index (χ4n) is 1.53. The van der Waals surface area contributed by atoms with E-state index in [1.807, 2.05) is 0 Å². The molecule has 3 amide bonds. The van der Waals surface area contributed by atoms with Crippen molar-refractivity contribution in [3.8, 4) is 0 Å². The molecule has 0 fully saturated rings. The van der Waals surface area contributed by atoms with Crippen molar-refractivity contribution in [2.45, 2.75) is 13.0 Å². The molecule has 4 N–H and O–H groups in total. The summed E-state index contributed by atoms with van der Waals surface area (Å²) in [7, 11) is 0. The average Bonchev–Trinajstić information content (AvgIpc) is 2.41. The largest absolute Gasteiger partial charge is 0.479 e. The van der Waals surface area contributed by atoms with E-state index >= 15 is 0 Å². The molecule has 0 aliphatic carbocycles. The Kier molecular flexibility index (Phi) is 6.02. The third-order valence-electron chi connectivity index (χ3n) is 2.44. The van der Waals surface area contributed by atoms with Crippen LogP contribution < -0.4 is 16.0 Å². The van der Waals surface area contributed by atoms with Crippen molar-refractivity contribution in [3.05, 3.63) is 35.9 Å². The minimum atomic E-state index is -1.15. The van der Waals surface area contributed by atoms with Gasteiger partial charge in [-0.25, -0.2) is 9.59 Å². The summed E-state index contributed by atoms with van der Waals surface area (Å²) in [6.07, 6.45) is 0. The Hall–Kier alpha value is -2.57. The highest BCUT2D eigenvalue weighted by Crippen LogP contribution is 2.12. The zero-order chi connectivity index (χ0) is 15.0. The van der Waals surface area contributed by atoms with Crippen molar-refractivity contribution in [2.75, 3.05) is 13.1 Å². The number of carbonyl (C=O) groups is 3. The van der Waals surface area contributed by atoms with E-state index in [1.54, 1.807) is 30.3 Å². The highest BCUT2D eigenvalue weighted by molar-refractivity contribution is 5.83. The Bertz CT molecular complexity index is 476. The molecule has 0 saturated heterocycles. The number of benzene rings is 1. The van der Waals surface area contributed by atoms with Crippen molar-refractivity contribution in [3.63, 3.8) is 0 Å². The lowest BCUT2D eigenvalue weighted by Crippen LogP contribution is -2.43. The molecule has 0 aliphatic heterocycles. The van der Waals surface area contributed by atoms with Crippen LogP contribution in [0.15, 0.2) is 30.3 Å². The Labute approximate surface area is 116 Å². The second-order valence-corrected chi connectivity index (χ2v) is 4.07. The van der Waals surface area contributed by atoms with Crippen LogP contribution in [0.5, 0.6) is 0 Å². The zero-order valence-corrected chi connectivity index (χ0v) is 11.1. The Balaban J connectivity index is 2.48. The molecule has 7 nitrogen and oxygen atoms in total. The van der Waals surface area contributed by atoms with Crippen molar-refractivity contribution in [2.24, 2.45) is 0 Å². The number of nitrogens with one attached hydrogen (secondary N) is 3. The molecule has 1 aromatic rings. The second kappa shape index (κ2) is 7.78. The van der Waals surface area contributed by atoms with E-state index in [4.69, 9.17) is 5.11 Å². The summed E-state index contributed by atoms with van der Waals surface area (Å²) in [5.74, 6) is -1.34. The van der Waals surface area contributed by atoms with E-state index in [9.17, 15) is 14.4 Å². The predicted molar refractivity (Wildman–Crippen MR) is 72.0 cm³/mol. The summed E-state index contributed by atoms with van der Waals surface area (Å²) in [6.45, 7) is 1.87. The number of urea groups is 1. The molecule has 0 saturated carbocycles. The minimum absolute atomic E-state index is 0.195. The molecular formula is C13H17N3O4. The average molecular weight is 279 g/mol. The first kappa shape index (κ1) is 15.5. The van der Waals surface area contributed by atoms with Crippen molar-refractivity contribution in [1.82, 2.24) is 16.0 Å². The third kappa shape index (κ3) is 5.38. The topological polar surface area (TPSA) is 108 Å². The maximum absolute atomic E-state index is 11.6. The minimum Gasteiger partial charge on any atom is -0.479 e. The summed E-state index contributed by atoms with van der Waals surface area (Å²) in [4.78, 5) is 33.4. The third-order valence-corrected chi connectivity index (χ3v) is 2.44. The highest BCUT2D eigenvalue weighted by Gasteiger charge is 2.21.